The van der Waals surface area contributed by atoms with E-state index >= 15 is 0 Å². The number of aromatic nitrogens is 3. The van der Waals surface area contributed by atoms with Crippen LogP contribution in [0.25, 0.3) is 0 Å². The van der Waals surface area contributed by atoms with Gasteiger partial charge in [-0.3, -0.25) is 9.78 Å². The third-order valence-corrected chi connectivity index (χ3v) is 3.90. The SMILES string of the molecule is Cc1ccc(C)c(NC(=O)c2cc(C)nc(NCc3cccnc3)n2)c1. The maximum absolute atomic E-state index is 12.6. The summed E-state index contributed by atoms with van der Waals surface area (Å²) in [6, 6.07) is 11.5. The molecule has 1 amide bonds. The Hall–Kier alpha value is -3.28. The molecule has 1 aromatic carbocycles. The van der Waals surface area contributed by atoms with Crippen LogP contribution in [0.15, 0.2) is 48.8 Å². The van der Waals surface area contributed by atoms with Gasteiger partial charge in [0.25, 0.3) is 5.91 Å². The number of anilines is 2. The Balaban J connectivity index is 1.76. The van der Waals surface area contributed by atoms with E-state index in [4.69, 9.17) is 0 Å². The number of amides is 1. The number of hydrogen-bond donors (Lipinski definition) is 2. The summed E-state index contributed by atoms with van der Waals surface area (Å²) in [5.41, 5.74) is 4.94. The van der Waals surface area contributed by atoms with Crippen molar-refractivity contribution < 1.29 is 4.79 Å². The fraction of sp³-hybridized carbons (Fsp3) is 0.200. The van der Waals surface area contributed by atoms with E-state index in [2.05, 4.69) is 25.6 Å². The average molecular weight is 347 g/mol. The number of carbonyl (C=O) groups is 1. The van der Waals surface area contributed by atoms with E-state index in [0.717, 1.165) is 28.1 Å². The minimum Gasteiger partial charge on any atom is -0.350 e. The predicted molar refractivity (Wildman–Crippen MR) is 102 cm³/mol. The summed E-state index contributed by atoms with van der Waals surface area (Å²) in [6.45, 7) is 6.33. The second-order valence-corrected chi connectivity index (χ2v) is 6.21. The maximum atomic E-state index is 12.6. The minimum atomic E-state index is -0.256. The van der Waals surface area contributed by atoms with Gasteiger partial charge in [0.1, 0.15) is 5.69 Å². The van der Waals surface area contributed by atoms with Crippen molar-refractivity contribution in [1.29, 1.82) is 0 Å². The van der Waals surface area contributed by atoms with E-state index in [9.17, 15) is 4.79 Å². The van der Waals surface area contributed by atoms with Gasteiger partial charge in [0.05, 0.1) is 0 Å². The van der Waals surface area contributed by atoms with Gasteiger partial charge in [-0.05, 0) is 55.7 Å². The Labute approximate surface area is 152 Å². The highest BCUT2D eigenvalue weighted by molar-refractivity contribution is 6.03. The Kier molecular flexibility index (Phi) is 5.22. The summed E-state index contributed by atoms with van der Waals surface area (Å²) in [6.07, 6.45) is 3.50. The third-order valence-electron chi connectivity index (χ3n) is 3.90. The first-order chi connectivity index (χ1) is 12.5. The van der Waals surface area contributed by atoms with Crippen LogP contribution in [-0.4, -0.2) is 20.9 Å². The third kappa shape index (κ3) is 4.42. The van der Waals surface area contributed by atoms with Crippen molar-refractivity contribution in [2.24, 2.45) is 0 Å². The van der Waals surface area contributed by atoms with Crippen molar-refractivity contribution >= 4 is 17.5 Å². The number of carbonyl (C=O) groups excluding carboxylic acids is 1. The number of nitrogens with one attached hydrogen (secondary N) is 2. The van der Waals surface area contributed by atoms with Gasteiger partial charge in [-0.2, -0.15) is 0 Å². The van der Waals surface area contributed by atoms with Crippen LogP contribution in [0.2, 0.25) is 0 Å². The highest BCUT2D eigenvalue weighted by atomic mass is 16.1. The molecule has 0 aliphatic heterocycles. The van der Waals surface area contributed by atoms with Gasteiger partial charge in [-0.15, -0.1) is 0 Å². The van der Waals surface area contributed by atoms with Crippen LogP contribution in [0.4, 0.5) is 11.6 Å². The zero-order chi connectivity index (χ0) is 18.5. The van der Waals surface area contributed by atoms with E-state index in [-0.39, 0.29) is 5.91 Å². The summed E-state index contributed by atoms with van der Waals surface area (Å²) in [5.74, 6) is 0.161. The van der Waals surface area contributed by atoms with Crippen LogP contribution in [0.1, 0.15) is 32.9 Å². The first kappa shape index (κ1) is 17.5. The molecule has 3 rings (SSSR count). The number of hydrogen-bond acceptors (Lipinski definition) is 5. The van der Waals surface area contributed by atoms with Gasteiger partial charge >= 0.3 is 0 Å². The quantitative estimate of drug-likeness (QED) is 0.736. The molecule has 2 aromatic heterocycles. The molecule has 0 aliphatic carbocycles. The summed E-state index contributed by atoms with van der Waals surface area (Å²) in [4.78, 5) is 25.4. The molecule has 0 atom stereocenters. The Morgan fingerprint density at radius 1 is 1.08 bits per heavy atom. The first-order valence-corrected chi connectivity index (χ1v) is 8.38. The van der Waals surface area contributed by atoms with E-state index < -0.39 is 0 Å². The molecule has 132 valence electrons. The summed E-state index contributed by atoms with van der Waals surface area (Å²) >= 11 is 0. The summed E-state index contributed by atoms with van der Waals surface area (Å²) in [7, 11) is 0. The van der Waals surface area contributed by atoms with E-state index in [1.807, 2.05) is 51.1 Å². The van der Waals surface area contributed by atoms with Crippen LogP contribution >= 0.6 is 0 Å². The van der Waals surface area contributed by atoms with Gasteiger partial charge in [0.15, 0.2) is 0 Å². The van der Waals surface area contributed by atoms with Crippen LogP contribution in [0.3, 0.4) is 0 Å². The molecule has 0 saturated carbocycles. The maximum Gasteiger partial charge on any atom is 0.274 e. The smallest absolute Gasteiger partial charge is 0.274 e. The topological polar surface area (TPSA) is 79.8 Å². The van der Waals surface area contributed by atoms with Crippen LogP contribution < -0.4 is 10.6 Å². The highest BCUT2D eigenvalue weighted by Gasteiger charge is 2.12. The van der Waals surface area contributed by atoms with Crippen LogP contribution in [-0.2, 0) is 6.54 Å². The number of rotatable bonds is 5. The van der Waals surface area contributed by atoms with E-state index in [1.165, 1.54) is 0 Å². The van der Waals surface area contributed by atoms with Crippen molar-refractivity contribution in [3.63, 3.8) is 0 Å². The normalized spacial score (nSPS) is 10.4. The molecule has 0 aliphatic rings. The van der Waals surface area contributed by atoms with Crippen molar-refractivity contribution in [2.75, 3.05) is 10.6 Å². The second-order valence-electron chi connectivity index (χ2n) is 6.21. The molecule has 26 heavy (non-hydrogen) atoms. The Bertz CT molecular complexity index is 925. The largest absolute Gasteiger partial charge is 0.350 e. The van der Waals surface area contributed by atoms with Gasteiger partial charge in [-0.1, -0.05) is 18.2 Å². The van der Waals surface area contributed by atoms with Crippen molar-refractivity contribution in [2.45, 2.75) is 27.3 Å². The molecular formula is C20H21N5O. The fourth-order valence-electron chi connectivity index (χ4n) is 2.50. The van der Waals surface area contributed by atoms with E-state index in [1.54, 1.807) is 18.5 Å². The number of benzene rings is 1. The van der Waals surface area contributed by atoms with Gasteiger partial charge < -0.3 is 10.6 Å². The Morgan fingerprint density at radius 2 is 1.92 bits per heavy atom. The van der Waals surface area contributed by atoms with Gasteiger partial charge in [0.2, 0.25) is 5.95 Å². The van der Waals surface area contributed by atoms with E-state index in [0.29, 0.717) is 18.2 Å². The molecule has 2 N–H and O–H groups in total. The fourth-order valence-corrected chi connectivity index (χ4v) is 2.50. The lowest BCUT2D eigenvalue weighted by molar-refractivity contribution is 0.102. The second kappa shape index (κ2) is 7.74. The number of aryl methyl sites for hydroxylation is 3. The molecule has 2 heterocycles. The van der Waals surface area contributed by atoms with Crippen molar-refractivity contribution in [3.05, 3.63) is 76.9 Å². The molecular weight excluding hydrogens is 326 g/mol. The summed E-state index contributed by atoms with van der Waals surface area (Å²) in [5, 5.41) is 6.07. The first-order valence-electron chi connectivity index (χ1n) is 8.38. The number of nitrogens with zero attached hydrogens (tertiary/aromatic N) is 3. The van der Waals surface area contributed by atoms with Gasteiger partial charge in [-0.25, -0.2) is 9.97 Å². The molecule has 0 spiro atoms. The monoisotopic (exact) mass is 347 g/mol. The van der Waals surface area contributed by atoms with Crippen molar-refractivity contribution in [3.8, 4) is 0 Å². The lowest BCUT2D eigenvalue weighted by atomic mass is 10.1. The van der Waals surface area contributed by atoms with Gasteiger partial charge in [0, 0.05) is 30.3 Å². The molecule has 6 nitrogen and oxygen atoms in total. The lowest BCUT2D eigenvalue weighted by Gasteiger charge is -2.11. The Morgan fingerprint density at radius 3 is 2.69 bits per heavy atom. The standard InChI is InChI=1S/C20H21N5O/c1-13-6-7-14(2)17(9-13)24-19(26)18-10-15(3)23-20(25-18)22-12-16-5-4-8-21-11-16/h4-11H,12H2,1-3H3,(H,24,26)(H,22,23,25). The summed E-state index contributed by atoms with van der Waals surface area (Å²) < 4.78 is 0. The van der Waals surface area contributed by atoms with Crippen molar-refractivity contribution in [1.82, 2.24) is 15.0 Å². The average Bonchev–Trinajstić information content (AvgIpc) is 2.63. The molecule has 6 heteroatoms. The molecule has 0 saturated heterocycles. The molecule has 0 fully saturated rings. The minimum absolute atomic E-state index is 0.256. The molecule has 3 aromatic rings. The number of pyridine rings is 1. The lowest BCUT2D eigenvalue weighted by Crippen LogP contribution is -2.16. The zero-order valence-electron chi connectivity index (χ0n) is 15.1. The predicted octanol–water partition coefficient (Wildman–Crippen LogP) is 3.66. The molecule has 0 bridgehead atoms. The van der Waals surface area contributed by atoms with Crippen LogP contribution in [0, 0.1) is 20.8 Å². The zero-order valence-corrected chi connectivity index (χ0v) is 15.1. The van der Waals surface area contributed by atoms with Crippen LogP contribution in [0.5, 0.6) is 0 Å². The molecule has 0 unspecified atom stereocenters. The molecule has 0 radical (unpaired) electrons. The highest BCUT2D eigenvalue weighted by Crippen LogP contribution is 2.17.